The van der Waals surface area contributed by atoms with Crippen LogP contribution in [0.3, 0.4) is 0 Å². The van der Waals surface area contributed by atoms with Crippen LogP contribution < -0.4 is 4.74 Å². The number of ether oxygens (including phenoxy) is 1. The van der Waals surface area contributed by atoms with Crippen molar-refractivity contribution in [3.05, 3.63) is 35.4 Å². The van der Waals surface area contributed by atoms with E-state index < -0.39 is 0 Å². The van der Waals surface area contributed by atoms with Crippen LogP contribution in [-0.4, -0.2) is 12.9 Å². The van der Waals surface area contributed by atoms with Crippen LogP contribution in [0.4, 0.5) is 0 Å². The van der Waals surface area contributed by atoms with Crippen LogP contribution in [0, 0.1) is 11.8 Å². The number of hydrogen-bond acceptors (Lipinski definition) is 2. The maximum atomic E-state index is 12.2. The zero-order valence-electron chi connectivity index (χ0n) is 12.8. The van der Waals surface area contributed by atoms with Crippen LogP contribution in [0.5, 0.6) is 5.75 Å². The van der Waals surface area contributed by atoms with Gasteiger partial charge in [-0.15, -0.1) is 0 Å². The molecule has 3 rings (SSSR count). The number of carbonyl (C=O) groups is 1. The van der Waals surface area contributed by atoms with Crippen molar-refractivity contribution in [1.29, 1.82) is 0 Å². The summed E-state index contributed by atoms with van der Waals surface area (Å²) < 4.78 is 5.18. The standard InChI is InChI=1S/C19H24O2/c1-21-18-9-6-14(7-10-18)12-17-13-16(8-11-19(17)20)15-4-2-3-5-15/h6-7,9-10,12,15-16H,2-5,8,11,13H2,1H3. The van der Waals surface area contributed by atoms with Gasteiger partial charge < -0.3 is 4.74 Å². The summed E-state index contributed by atoms with van der Waals surface area (Å²) in [5.41, 5.74) is 2.13. The minimum absolute atomic E-state index is 0.347. The molecule has 1 aromatic rings. The predicted molar refractivity (Wildman–Crippen MR) is 85.3 cm³/mol. The number of Topliss-reactive ketones (excluding diaryl/α,β-unsaturated/α-hetero) is 1. The van der Waals surface area contributed by atoms with Gasteiger partial charge >= 0.3 is 0 Å². The summed E-state index contributed by atoms with van der Waals surface area (Å²) in [7, 11) is 1.67. The average molecular weight is 284 g/mol. The Kier molecular flexibility index (Phi) is 4.42. The van der Waals surface area contributed by atoms with Crippen LogP contribution in [0.15, 0.2) is 29.8 Å². The summed E-state index contributed by atoms with van der Waals surface area (Å²) >= 11 is 0. The zero-order valence-corrected chi connectivity index (χ0v) is 12.8. The Morgan fingerprint density at radius 3 is 2.43 bits per heavy atom. The van der Waals surface area contributed by atoms with Crippen LogP contribution >= 0.6 is 0 Å². The first-order chi connectivity index (χ1) is 10.3. The largest absolute Gasteiger partial charge is 0.497 e. The van der Waals surface area contributed by atoms with E-state index in [1.807, 2.05) is 24.3 Å². The van der Waals surface area contributed by atoms with E-state index in [1.165, 1.54) is 25.7 Å². The van der Waals surface area contributed by atoms with Crippen molar-refractivity contribution < 1.29 is 9.53 Å². The Morgan fingerprint density at radius 2 is 1.76 bits per heavy atom. The lowest BCUT2D eigenvalue weighted by atomic mass is 9.76. The number of ketones is 1. The van der Waals surface area contributed by atoms with Gasteiger partial charge in [0.05, 0.1) is 7.11 Å². The van der Waals surface area contributed by atoms with Crippen LogP contribution in [0.1, 0.15) is 50.5 Å². The third-order valence-electron chi connectivity index (χ3n) is 5.11. The third kappa shape index (κ3) is 3.37. The topological polar surface area (TPSA) is 26.3 Å². The van der Waals surface area contributed by atoms with Crippen molar-refractivity contribution in [2.45, 2.75) is 44.9 Å². The molecule has 112 valence electrons. The lowest BCUT2D eigenvalue weighted by Gasteiger charge is -2.28. The zero-order chi connectivity index (χ0) is 14.7. The molecule has 0 spiro atoms. The summed E-state index contributed by atoms with van der Waals surface area (Å²) in [4.78, 5) is 12.2. The highest BCUT2D eigenvalue weighted by molar-refractivity contribution is 6.00. The number of carbonyl (C=O) groups excluding carboxylic acids is 1. The molecule has 1 unspecified atom stereocenters. The van der Waals surface area contributed by atoms with E-state index in [-0.39, 0.29) is 0 Å². The van der Waals surface area contributed by atoms with Crippen molar-refractivity contribution in [1.82, 2.24) is 0 Å². The fourth-order valence-electron chi connectivity index (χ4n) is 3.85. The molecular weight excluding hydrogens is 260 g/mol. The maximum absolute atomic E-state index is 12.2. The predicted octanol–water partition coefficient (Wildman–Crippen LogP) is 4.64. The second-order valence-electron chi connectivity index (χ2n) is 6.41. The molecule has 0 aromatic heterocycles. The highest BCUT2D eigenvalue weighted by atomic mass is 16.5. The van der Waals surface area contributed by atoms with Gasteiger partial charge in [0.25, 0.3) is 0 Å². The van der Waals surface area contributed by atoms with Crippen molar-refractivity contribution in [2.75, 3.05) is 7.11 Å². The second-order valence-corrected chi connectivity index (χ2v) is 6.41. The molecule has 2 heteroatoms. The minimum Gasteiger partial charge on any atom is -0.497 e. The van der Waals surface area contributed by atoms with E-state index in [2.05, 4.69) is 6.08 Å². The van der Waals surface area contributed by atoms with Gasteiger partial charge in [-0.3, -0.25) is 4.79 Å². The van der Waals surface area contributed by atoms with Crippen molar-refractivity contribution in [2.24, 2.45) is 11.8 Å². The summed E-state index contributed by atoms with van der Waals surface area (Å²) in [5, 5.41) is 0. The molecule has 2 nitrogen and oxygen atoms in total. The number of methoxy groups -OCH3 is 1. The lowest BCUT2D eigenvalue weighted by Crippen LogP contribution is -2.22. The molecule has 0 aliphatic heterocycles. The smallest absolute Gasteiger partial charge is 0.158 e. The number of rotatable bonds is 3. The molecule has 2 aliphatic rings. The lowest BCUT2D eigenvalue weighted by molar-refractivity contribution is -0.117. The second kappa shape index (κ2) is 6.46. The van der Waals surface area contributed by atoms with Crippen LogP contribution in [-0.2, 0) is 4.79 Å². The van der Waals surface area contributed by atoms with Gasteiger partial charge in [-0.25, -0.2) is 0 Å². The van der Waals surface area contributed by atoms with E-state index in [1.54, 1.807) is 7.11 Å². The Labute approximate surface area is 127 Å². The summed E-state index contributed by atoms with van der Waals surface area (Å²) in [6.45, 7) is 0. The summed E-state index contributed by atoms with van der Waals surface area (Å²) in [6.07, 6.45) is 10.4. The van der Waals surface area contributed by atoms with Gasteiger partial charge in [-0.05, 0) is 54.0 Å². The van der Waals surface area contributed by atoms with Crippen molar-refractivity contribution in [3.63, 3.8) is 0 Å². The molecule has 21 heavy (non-hydrogen) atoms. The molecule has 0 N–H and O–H groups in total. The van der Waals surface area contributed by atoms with E-state index in [0.29, 0.717) is 5.78 Å². The van der Waals surface area contributed by atoms with E-state index in [4.69, 9.17) is 4.74 Å². The highest BCUT2D eigenvalue weighted by Crippen LogP contribution is 2.40. The molecule has 0 radical (unpaired) electrons. The molecule has 2 saturated carbocycles. The van der Waals surface area contributed by atoms with Gasteiger partial charge in [-0.2, -0.15) is 0 Å². The highest BCUT2D eigenvalue weighted by Gasteiger charge is 2.30. The monoisotopic (exact) mass is 284 g/mol. The van der Waals surface area contributed by atoms with Crippen molar-refractivity contribution >= 4 is 11.9 Å². The molecule has 1 aromatic carbocycles. The maximum Gasteiger partial charge on any atom is 0.158 e. The minimum atomic E-state index is 0.347. The molecule has 2 aliphatic carbocycles. The fourth-order valence-corrected chi connectivity index (χ4v) is 3.85. The molecule has 0 amide bonds. The van der Waals surface area contributed by atoms with E-state index >= 15 is 0 Å². The first kappa shape index (κ1) is 14.4. The van der Waals surface area contributed by atoms with Crippen LogP contribution in [0.2, 0.25) is 0 Å². The van der Waals surface area contributed by atoms with E-state index in [9.17, 15) is 4.79 Å². The Balaban J connectivity index is 1.74. The van der Waals surface area contributed by atoms with Gasteiger partial charge in [0.1, 0.15) is 5.75 Å². The molecule has 0 bridgehead atoms. The SMILES string of the molecule is COc1ccc(C=C2CC(C3CCCC3)CCC2=O)cc1. The summed E-state index contributed by atoms with van der Waals surface area (Å²) in [5.74, 6) is 2.79. The van der Waals surface area contributed by atoms with E-state index in [0.717, 1.165) is 48.0 Å². The Bertz CT molecular complexity index is 521. The quantitative estimate of drug-likeness (QED) is 0.756. The van der Waals surface area contributed by atoms with Crippen molar-refractivity contribution in [3.8, 4) is 5.75 Å². The third-order valence-corrected chi connectivity index (χ3v) is 5.11. The molecule has 2 fully saturated rings. The molecule has 1 atom stereocenters. The molecule has 0 heterocycles. The first-order valence-electron chi connectivity index (χ1n) is 8.14. The Morgan fingerprint density at radius 1 is 1.05 bits per heavy atom. The van der Waals surface area contributed by atoms with Gasteiger partial charge in [0.2, 0.25) is 0 Å². The summed E-state index contributed by atoms with van der Waals surface area (Å²) in [6, 6.07) is 7.96. The first-order valence-corrected chi connectivity index (χ1v) is 8.14. The molecular formula is C19H24O2. The number of allylic oxidation sites excluding steroid dienone is 1. The van der Waals surface area contributed by atoms with Gasteiger partial charge in [0, 0.05) is 6.42 Å². The average Bonchev–Trinajstić information content (AvgIpc) is 3.04. The normalized spacial score (nSPS) is 25.5. The Hall–Kier alpha value is -1.57. The van der Waals surface area contributed by atoms with Crippen LogP contribution in [0.25, 0.3) is 6.08 Å². The van der Waals surface area contributed by atoms with Gasteiger partial charge in [0.15, 0.2) is 5.78 Å². The fraction of sp³-hybridized carbons (Fsp3) is 0.526. The van der Waals surface area contributed by atoms with Gasteiger partial charge in [-0.1, -0.05) is 37.8 Å². The molecule has 0 saturated heterocycles. The number of benzene rings is 1. The number of hydrogen-bond donors (Lipinski definition) is 0.